The van der Waals surface area contributed by atoms with Crippen LogP contribution in [0.1, 0.15) is 29.2 Å². The van der Waals surface area contributed by atoms with Gasteiger partial charge in [-0.2, -0.15) is 0 Å². The van der Waals surface area contributed by atoms with Gasteiger partial charge in [-0.15, -0.1) is 11.8 Å². The number of nitrogens with one attached hydrogen (secondary N) is 1. The third-order valence-corrected chi connectivity index (χ3v) is 5.38. The molecule has 1 fully saturated rings. The van der Waals surface area contributed by atoms with Crippen molar-refractivity contribution in [1.82, 2.24) is 10.2 Å². The zero-order chi connectivity index (χ0) is 17.1. The fourth-order valence-electron chi connectivity index (χ4n) is 2.82. The van der Waals surface area contributed by atoms with E-state index in [0.29, 0.717) is 18.1 Å². The summed E-state index contributed by atoms with van der Waals surface area (Å²) >= 11 is 1.57. The molecule has 2 atom stereocenters. The number of carbonyl (C=O) groups is 2. The molecule has 2 unspecified atom stereocenters. The van der Waals surface area contributed by atoms with Crippen LogP contribution in [0.25, 0.3) is 0 Å². The van der Waals surface area contributed by atoms with Crippen LogP contribution in [0.2, 0.25) is 0 Å². The number of nitrogens with zero attached hydrogens (tertiary/aromatic N) is 1. The predicted molar refractivity (Wildman–Crippen MR) is 93.2 cm³/mol. The first-order valence-electron chi connectivity index (χ1n) is 7.86. The summed E-state index contributed by atoms with van der Waals surface area (Å²) in [4.78, 5) is 26.5. The van der Waals surface area contributed by atoms with Crippen LogP contribution in [-0.2, 0) is 16.1 Å². The molecule has 0 radical (unpaired) electrons. The van der Waals surface area contributed by atoms with Crippen molar-refractivity contribution in [2.24, 2.45) is 0 Å². The average molecular weight is 344 g/mol. The van der Waals surface area contributed by atoms with Gasteiger partial charge in [0.1, 0.15) is 17.2 Å². The van der Waals surface area contributed by atoms with Gasteiger partial charge in [0.25, 0.3) is 0 Å². The van der Waals surface area contributed by atoms with Gasteiger partial charge < -0.3 is 14.6 Å². The van der Waals surface area contributed by atoms with Gasteiger partial charge in [-0.1, -0.05) is 24.3 Å². The third-order valence-electron chi connectivity index (χ3n) is 4.17. The molecule has 6 heteroatoms. The van der Waals surface area contributed by atoms with Crippen molar-refractivity contribution < 1.29 is 14.0 Å². The quantitative estimate of drug-likeness (QED) is 0.906. The van der Waals surface area contributed by atoms with Gasteiger partial charge in [-0.05, 0) is 37.1 Å². The summed E-state index contributed by atoms with van der Waals surface area (Å²) in [5.74, 6) is 0.900. The van der Waals surface area contributed by atoms with E-state index in [4.69, 9.17) is 4.42 Å². The van der Waals surface area contributed by atoms with Gasteiger partial charge in [0.15, 0.2) is 0 Å². The first-order chi connectivity index (χ1) is 11.6. The molecule has 0 saturated carbocycles. The molecule has 2 amide bonds. The molecule has 24 heavy (non-hydrogen) atoms. The number of hydrogen-bond donors (Lipinski definition) is 1. The van der Waals surface area contributed by atoms with Gasteiger partial charge in [0.2, 0.25) is 11.8 Å². The summed E-state index contributed by atoms with van der Waals surface area (Å²) in [5.41, 5.74) is 2.21. The Morgan fingerprint density at radius 1 is 1.38 bits per heavy atom. The van der Waals surface area contributed by atoms with E-state index in [2.05, 4.69) is 5.32 Å². The van der Waals surface area contributed by atoms with Crippen molar-refractivity contribution in [3.05, 3.63) is 59.5 Å². The second kappa shape index (κ2) is 7.13. The molecular weight excluding hydrogens is 324 g/mol. The topological polar surface area (TPSA) is 62.6 Å². The van der Waals surface area contributed by atoms with E-state index in [1.54, 1.807) is 42.0 Å². The highest BCUT2D eigenvalue weighted by Gasteiger charge is 2.39. The van der Waals surface area contributed by atoms with Crippen LogP contribution in [-0.4, -0.2) is 28.5 Å². The van der Waals surface area contributed by atoms with E-state index in [1.807, 2.05) is 31.2 Å². The molecule has 0 aliphatic carbocycles. The largest absolute Gasteiger partial charge is 0.467 e. The van der Waals surface area contributed by atoms with Gasteiger partial charge in [0, 0.05) is 0 Å². The van der Waals surface area contributed by atoms with Crippen LogP contribution in [0, 0.1) is 6.92 Å². The van der Waals surface area contributed by atoms with Gasteiger partial charge in [0.05, 0.1) is 18.6 Å². The molecule has 2 heterocycles. The highest BCUT2D eigenvalue weighted by atomic mass is 32.2. The molecule has 1 aromatic carbocycles. The minimum Gasteiger partial charge on any atom is -0.467 e. The molecule has 5 nitrogen and oxygen atoms in total. The Morgan fingerprint density at radius 2 is 2.17 bits per heavy atom. The lowest BCUT2D eigenvalue weighted by atomic mass is 10.1. The summed E-state index contributed by atoms with van der Waals surface area (Å²) in [6, 6.07) is 11.0. The highest BCUT2D eigenvalue weighted by molar-refractivity contribution is 8.00. The third kappa shape index (κ3) is 3.33. The second-order valence-corrected chi connectivity index (χ2v) is 6.86. The maximum Gasteiger partial charge on any atom is 0.242 e. The molecule has 1 N–H and O–H groups in total. The fourth-order valence-corrected chi connectivity index (χ4v) is 4.17. The van der Waals surface area contributed by atoms with E-state index in [-0.39, 0.29) is 17.2 Å². The normalized spacial score (nSPS) is 18.7. The SMILES string of the molecule is Cc1ccccc1C1SCC(=O)N1C(C)C(=O)NCc1ccco1. The lowest BCUT2D eigenvalue weighted by Gasteiger charge is -2.30. The number of amides is 2. The summed E-state index contributed by atoms with van der Waals surface area (Å²) in [6.07, 6.45) is 1.57. The number of hydrogen-bond acceptors (Lipinski definition) is 4. The molecule has 3 rings (SSSR count). The Bertz CT molecular complexity index is 730. The van der Waals surface area contributed by atoms with Crippen molar-refractivity contribution in [1.29, 1.82) is 0 Å². The molecule has 1 saturated heterocycles. The fraction of sp³-hybridized carbons (Fsp3) is 0.333. The van der Waals surface area contributed by atoms with Gasteiger partial charge in [-0.3, -0.25) is 9.59 Å². The predicted octanol–water partition coefficient (Wildman–Crippen LogP) is 2.87. The zero-order valence-electron chi connectivity index (χ0n) is 13.7. The molecule has 0 spiro atoms. The van der Waals surface area contributed by atoms with Gasteiger partial charge >= 0.3 is 0 Å². The molecule has 2 aromatic rings. The molecule has 1 aromatic heterocycles. The average Bonchev–Trinajstić information content (AvgIpc) is 3.22. The maximum absolute atomic E-state index is 12.5. The number of aryl methyl sites for hydroxylation is 1. The van der Waals surface area contributed by atoms with E-state index in [9.17, 15) is 9.59 Å². The van der Waals surface area contributed by atoms with Crippen LogP contribution in [0.4, 0.5) is 0 Å². The summed E-state index contributed by atoms with van der Waals surface area (Å²) in [5, 5.41) is 2.71. The summed E-state index contributed by atoms with van der Waals surface area (Å²) in [6.45, 7) is 4.12. The Labute approximate surface area is 145 Å². The van der Waals surface area contributed by atoms with Gasteiger partial charge in [-0.25, -0.2) is 0 Å². The zero-order valence-corrected chi connectivity index (χ0v) is 14.5. The number of rotatable bonds is 5. The monoisotopic (exact) mass is 344 g/mol. The lowest BCUT2D eigenvalue weighted by molar-refractivity contribution is -0.138. The molecular formula is C18H20N2O3S. The van der Waals surface area contributed by atoms with E-state index in [1.165, 1.54) is 0 Å². The van der Waals surface area contributed by atoms with Crippen molar-refractivity contribution in [3.8, 4) is 0 Å². The standard InChI is InChI=1S/C18H20N2O3S/c1-12-6-3-4-8-15(12)18-20(16(21)11-24-18)13(2)17(22)19-10-14-7-5-9-23-14/h3-9,13,18H,10-11H2,1-2H3,(H,19,22). The number of thioether (sulfide) groups is 1. The minimum absolute atomic E-state index is 0.00565. The van der Waals surface area contributed by atoms with Crippen LogP contribution in [0.5, 0.6) is 0 Å². The summed E-state index contributed by atoms with van der Waals surface area (Å²) in [7, 11) is 0. The van der Waals surface area contributed by atoms with E-state index >= 15 is 0 Å². The maximum atomic E-state index is 12.5. The van der Waals surface area contributed by atoms with E-state index < -0.39 is 6.04 Å². The van der Waals surface area contributed by atoms with E-state index in [0.717, 1.165) is 11.1 Å². The molecule has 1 aliphatic heterocycles. The van der Waals surface area contributed by atoms with Crippen molar-refractivity contribution >= 4 is 23.6 Å². The van der Waals surface area contributed by atoms with Crippen LogP contribution >= 0.6 is 11.8 Å². The molecule has 1 aliphatic rings. The first kappa shape index (κ1) is 16.6. The smallest absolute Gasteiger partial charge is 0.242 e. The molecule has 0 bridgehead atoms. The highest BCUT2D eigenvalue weighted by Crippen LogP contribution is 2.41. The van der Waals surface area contributed by atoms with Crippen LogP contribution in [0.3, 0.4) is 0 Å². The van der Waals surface area contributed by atoms with Crippen LogP contribution < -0.4 is 5.32 Å². The Kier molecular flexibility index (Phi) is 4.94. The lowest BCUT2D eigenvalue weighted by Crippen LogP contribution is -2.46. The van der Waals surface area contributed by atoms with Crippen molar-refractivity contribution in [3.63, 3.8) is 0 Å². The Morgan fingerprint density at radius 3 is 2.88 bits per heavy atom. The second-order valence-electron chi connectivity index (χ2n) is 5.79. The van der Waals surface area contributed by atoms with Crippen molar-refractivity contribution in [2.45, 2.75) is 31.8 Å². The van der Waals surface area contributed by atoms with Crippen molar-refractivity contribution in [2.75, 3.05) is 5.75 Å². The Balaban J connectivity index is 1.73. The van der Waals surface area contributed by atoms with Crippen LogP contribution in [0.15, 0.2) is 47.1 Å². The number of furan rings is 1. The number of carbonyl (C=O) groups excluding carboxylic acids is 2. The molecule has 126 valence electrons. The first-order valence-corrected chi connectivity index (χ1v) is 8.91. The summed E-state index contributed by atoms with van der Waals surface area (Å²) < 4.78 is 5.22. The minimum atomic E-state index is -0.535. The number of benzene rings is 1. The Hall–Kier alpha value is -2.21.